The molecule has 0 bridgehead atoms. The highest BCUT2D eigenvalue weighted by molar-refractivity contribution is 5.41. The maximum absolute atomic E-state index is 5.18. The fourth-order valence-corrected chi connectivity index (χ4v) is 2.94. The summed E-state index contributed by atoms with van der Waals surface area (Å²) in [5.74, 6) is 2.55. The third-order valence-electron chi connectivity index (χ3n) is 4.62. The Morgan fingerprint density at radius 3 is 2.36 bits per heavy atom. The van der Waals surface area contributed by atoms with E-state index in [-0.39, 0.29) is 5.41 Å². The average molecular weight is 340 g/mol. The van der Waals surface area contributed by atoms with Crippen LogP contribution in [0.25, 0.3) is 0 Å². The number of anilines is 1. The van der Waals surface area contributed by atoms with Gasteiger partial charge in [-0.3, -0.25) is 0 Å². The van der Waals surface area contributed by atoms with E-state index in [1.165, 1.54) is 5.56 Å². The minimum Gasteiger partial charge on any atom is -0.497 e. The van der Waals surface area contributed by atoms with Gasteiger partial charge in [0, 0.05) is 37.5 Å². The largest absolute Gasteiger partial charge is 0.497 e. The molecular formula is C20H28N4O. The fourth-order valence-electron chi connectivity index (χ4n) is 2.94. The number of hydrogen-bond acceptors (Lipinski definition) is 5. The second-order valence-electron chi connectivity index (χ2n) is 7.78. The first-order valence-corrected chi connectivity index (χ1v) is 8.88. The van der Waals surface area contributed by atoms with Crippen LogP contribution in [0.15, 0.2) is 36.4 Å². The van der Waals surface area contributed by atoms with Crippen LogP contribution in [0.5, 0.6) is 5.75 Å². The Kier molecular flexibility index (Phi) is 5.23. The van der Waals surface area contributed by atoms with Gasteiger partial charge in [-0.15, -0.1) is 5.10 Å². The highest BCUT2D eigenvalue weighted by Crippen LogP contribution is 2.24. The van der Waals surface area contributed by atoms with Crippen molar-refractivity contribution in [1.29, 1.82) is 0 Å². The van der Waals surface area contributed by atoms with Gasteiger partial charge in [0.15, 0.2) is 5.82 Å². The van der Waals surface area contributed by atoms with Crippen LogP contribution in [-0.4, -0.2) is 36.9 Å². The molecule has 1 aromatic carbocycles. The lowest BCUT2D eigenvalue weighted by molar-refractivity contribution is 0.381. The highest BCUT2D eigenvalue weighted by atomic mass is 16.5. The Morgan fingerprint density at radius 2 is 1.80 bits per heavy atom. The van der Waals surface area contributed by atoms with Gasteiger partial charge in [-0.05, 0) is 29.8 Å². The number of hydrogen-bond donors (Lipinski definition) is 1. The second kappa shape index (κ2) is 7.40. The van der Waals surface area contributed by atoms with E-state index in [9.17, 15) is 0 Å². The van der Waals surface area contributed by atoms with E-state index < -0.39 is 0 Å². The zero-order chi connectivity index (χ0) is 17.9. The van der Waals surface area contributed by atoms with E-state index in [0.717, 1.165) is 43.4 Å². The number of ether oxygens (including phenoxy) is 1. The van der Waals surface area contributed by atoms with Crippen molar-refractivity contribution in [3.05, 3.63) is 47.7 Å². The summed E-state index contributed by atoms with van der Waals surface area (Å²) in [6.45, 7) is 10.5. The first-order chi connectivity index (χ1) is 12.0. The zero-order valence-corrected chi connectivity index (χ0v) is 15.6. The number of methoxy groups -OCH3 is 1. The summed E-state index contributed by atoms with van der Waals surface area (Å²) in [6.07, 6.45) is 0. The Balaban J connectivity index is 1.40. The molecule has 5 nitrogen and oxygen atoms in total. The van der Waals surface area contributed by atoms with E-state index in [4.69, 9.17) is 4.74 Å². The van der Waals surface area contributed by atoms with Crippen LogP contribution in [0.4, 0.5) is 5.82 Å². The summed E-state index contributed by atoms with van der Waals surface area (Å²) in [6, 6.07) is 12.4. The van der Waals surface area contributed by atoms with Gasteiger partial charge < -0.3 is 15.0 Å². The molecule has 5 heteroatoms. The Labute approximate surface area is 150 Å². The molecule has 0 spiro atoms. The number of benzene rings is 1. The molecule has 25 heavy (non-hydrogen) atoms. The molecule has 134 valence electrons. The molecule has 1 aliphatic rings. The van der Waals surface area contributed by atoms with Gasteiger partial charge in [0.25, 0.3) is 0 Å². The van der Waals surface area contributed by atoms with Crippen LogP contribution in [0, 0.1) is 5.92 Å². The van der Waals surface area contributed by atoms with Crippen LogP contribution in [0.2, 0.25) is 0 Å². The summed E-state index contributed by atoms with van der Waals surface area (Å²) in [5.41, 5.74) is 2.36. The summed E-state index contributed by atoms with van der Waals surface area (Å²) in [7, 11) is 1.69. The van der Waals surface area contributed by atoms with E-state index >= 15 is 0 Å². The van der Waals surface area contributed by atoms with Gasteiger partial charge in [0.1, 0.15) is 5.75 Å². The van der Waals surface area contributed by atoms with Crippen molar-refractivity contribution in [2.24, 2.45) is 5.92 Å². The number of rotatable bonds is 6. The second-order valence-corrected chi connectivity index (χ2v) is 7.78. The lowest BCUT2D eigenvalue weighted by Gasteiger charge is -2.40. The van der Waals surface area contributed by atoms with Crippen LogP contribution < -0.4 is 15.0 Å². The Hall–Kier alpha value is -2.14. The van der Waals surface area contributed by atoms with Gasteiger partial charge in [-0.1, -0.05) is 32.9 Å². The third-order valence-corrected chi connectivity index (χ3v) is 4.62. The third kappa shape index (κ3) is 4.48. The van der Waals surface area contributed by atoms with Crippen LogP contribution >= 0.6 is 0 Å². The standard InChI is InChI=1S/C20H28N4O/c1-20(2,3)18-9-10-19(23-22-18)24-13-16(14-24)12-21-11-15-5-7-17(25-4)8-6-15/h5-10,16,21H,11-14H2,1-4H3. The average Bonchev–Trinajstić information content (AvgIpc) is 2.57. The van der Waals surface area contributed by atoms with Gasteiger partial charge >= 0.3 is 0 Å². The molecule has 3 rings (SSSR count). The molecule has 0 amide bonds. The summed E-state index contributed by atoms with van der Waals surface area (Å²) >= 11 is 0. The predicted molar refractivity (Wildman–Crippen MR) is 101 cm³/mol. The van der Waals surface area contributed by atoms with Crippen molar-refractivity contribution in [1.82, 2.24) is 15.5 Å². The molecule has 0 saturated carbocycles. The Bertz CT molecular complexity index is 670. The monoisotopic (exact) mass is 340 g/mol. The molecule has 0 aliphatic carbocycles. The minimum atomic E-state index is 0.0500. The fraction of sp³-hybridized carbons (Fsp3) is 0.500. The van der Waals surface area contributed by atoms with Crippen molar-refractivity contribution < 1.29 is 4.74 Å². The predicted octanol–water partition coefficient (Wildman–Crippen LogP) is 3.01. The molecule has 1 aromatic heterocycles. The molecule has 1 fully saturated rings. The van der Waals surface area contributed by atoms with E-state index in [1.807, 2.05) is 12.1 Å². The summed E-state index contributed by atoms with van der Waals surface area (Å²) in [4.78, 5) is 2.29. The van der Waals surface area contributed by atoms with E-state index in [2.05, 4.69) is 65.5 Å². The van der Waals surface area contributed by atoms with Crippen molar-refractivity contribution >= 4 is 5.82 Å². The van der Waals surface area contributed by atoms with Crippen LogP contribution in [-0.2, 0) is 12.0 Å². The number of aromatic nitrogens is 2. The normalized spacial score (nSPS) is 15.1. The van der Waals surface area contributed by atoms with Crippen molar-refractivity contribution in [2.75, 3.05) is 31.6 Å². The molecule has 1 aliphatic heterocycles. The lowest BCUT2D eigenvalue weighted by Crippen LogP contribution is -2.51. The van der Waals surface area contributed by atoms with Crippen molar-refractivity contribution in [3.8, 4) is 5.75 Å². The highest BCUT2D eigenvalue weighted by Gasteiger charge is 2.28. The van der Waals surface area contributed by atoms with Gasteiger partial charge in [0.2, 0.25) is 0 Å². The molecule has 0 atom stereocenters. The molecule has 0 radical (unpaired) electrons. The van der Waals surface area contributed by atoms with E-state index in [1.54, 1.807) is 7.11 Å². The zero-order valence-electron chi connectivity index (χ0n) is 15.6. The molecule has 2 heterocycles. The first-order valence-electron chi connectivity index (χ1n) is 8.88. The summed E-state index contributed by atoms with van der Waals surface area (Å²) < 4.78 is 5.18. The molecule has 2 aromatic rings. The first kappa shape index (κ1) is 17.7. The number of nitrogens with one attached hydrogen (secondary N) is 1. The van der Waals surface area contributed by atoms with E-state index in [0.29, 0.717) is 5.92 Å². The molecule has 1 N–H and O–H groups in total. The van der Waals surface area contributed by atoms with Crippen LogP contribution in [0.3, 0.4) is 0 Å². The smallest absolute Gasteiger partial charge is 0.151 e. The molecule has 1 saturated heterocycles. The van der Waals surface area contributed by atoms with Crippen LogP contribution in [0.1, 0.15) is 32.0 Å². The van der Waals surface area contributed by atoms with Gasteiger partial charge in [-0.2, -0.15) is 5.10 Å². The minimum absolute atomic E-state index is 0.0500. The lowest BCUT2D eigenvalue weighted by atomic mass is 9.92. The van der Waals surface area contributed by atoms with Crippen molar-refractivity contribution in [2.45, 2.75) is 32.7 Å². The summed E-state index contributed by atoms with van der Waals surface area (Å²) in [5, 5.41) is 12.3. The Morgan fingerprint density at radius 1 is 1.08 bits per heavy atom. The quantitative estimate of drug-likeness (QED) is 0.876. The number of nitrogens with zero attached hydrogens (tertiary/aromatic N) is 3. The molecular weight excluding hydrogens is 312 g/mol. The van der Waals surface area contributed by atoms with Crippen molar-refractivity contribution in [3.63, 3.8) is 0 Å². The maximum Gasteiger partial charge on any atom is 0.151 e. The van der Waals surface area contributed by atoms with Gasteiger partial charge in [-0.25, -0.2) is 0 Å². The SMILES string of the molecule is COc1ccc(CNCC2CN(c3ccc(C(C)(C)C)nn3)C2)cc1. The topological polar surface area (TPSA) is 50.3 Å². The van der Waals surface area contributed by atoms with Gasteiger partial charge in [0.05, 0.1) is 12.8 Å². The maximum atomic E-state index is 5.18. The molecule has 0 unspecified atom stereocenters.